The van der Waals surface area contributed by atoms with Crippen molar-refractivity contribution >= 4 is 18.0 Å². The van der Waals surface area contributed by atoms with Crippen LogP contribution in [0.1, 0.15) is 38.3 Å². The Labute approximate surface area is 211 Å². The van der Waals surface area contributed by atoms with Crippen LogP contribution in [0.4, 0.5) is 4.79 Å². The Balaban J connectivity index is 1.62. The van der Waals surface area contributed by atoms with Crippen molar-refractivity contribution in [1.29, 1.82) is 0 Å². The lowest BCUT2D eigenvalue weighted by atomic mass is 9.85. The molecule has 0 aliphatic carbocycles. The van der Waals surface area contributed by atoms with E-state index in [1.807, 2.05) is 60.7 Å². The normalized spacial score (nSPS) is 15.2. The third-order valence-electron chi connectivity index (χ3n) is 5.51. The summed E-state index contributed by atoms with van der Waals surface area (Å²) in [5.41, 5.74) is 0.150. The fraction of sp³-hybridized carbons (Fsp3) is 0.444. The molecule has 0 spiro atoms. The monoisotopic (exact) mass is 498 g/mol. The number of esters is 2. The molecule has 1 aliphatic rings. The minimum absolute atomic E-state index is 0.0779. The van der Waals surface area contributed by atoms with Crippen molar-refractivity contribution in [2.24, 2.45) is 0 Å². The predicted molar refractivity (Wildman–Crippen MR) is 132 cm³/mol. The van der Waals surface area contributed by atoms with Gasteiger partial charge in [-0.3, -0.25) is 14.9 Å². The number of hydrogen-bond acceptors (Lipinski definition) is 8. The number of amides is 1. The highest BCUT2D eigenvalue weighted by atomic mass is 16.6. The summed E-state index contributed by atoms with van der Waals surface area (Å²) in [4.78, 5) is 37.7. The summed E-state index contributed by atoms with van der Waals surface area (Å²) in [5.74, 6) is -0.955. The summed E-state index contributed by atoms with van der Waals surface area (Å²) in [6, 6.07) is 17.9. The Morgan fingerprint density at radius 3 is 1.94 bits per heavy atom. The highest BCUT2D eigenvalue weighted by molar-refractivity contribution is 5.74. The Hall–Kier alpha value is -3.43. The molecule has 0 unspecified atom stereocenters. The van der Waals surface area contributed by atoms with Crippen molar-refractivity contribution in [1.82, 2.24) is 10.6 Å². The number of nitrogens with one attached hydrogen (secondary N) is 2. The summed E-state index contributed by atoms with van der Waals surface area (Å²) in [6.07, 6.45) is -0.820. The van der Waals surface area contributed by atoms with Crippen LogP contribution in [-0.2, 0) is 41.8 Å². The lowest BCUT2D eigenvalue weighted by Crippen LogP contribution is -2.72. The largest absolute Gasteiger partial charge is 0.460 e. The van der Waals surface area contributed by atoms with Gasteiger partial charge in [0.15, 0.2) is 0 Å². The van der Waals surface area contributed by atoms with Crippen molar-refractivity contribution in [3.05, 3.63) is 71.8 Å². The number of rotatable bonds is 11. The fourth-order valence-electron chi connectivity index (χ4n) is 3.63. The van der Waals surface area contributed by atoms with E-state index in [2.05, 4.69) is 10.6 Å². The maximum absolute atomic E-state index is 12.6. The summed E-state index contributed by atoms with van der Waals surface area (Å²) >= 11 is 0. The molecule has 2 aromatic carbocycles. The SMILES string of the molecule is CC(C)(C)OC(=O)C[C@H](NC(=O)OCc1ccccc1)C1(NCC(=O)OCc2ccccc2)COC1. The van der Waals surface area contributed by atoms with Gasteiger partial charge >= 0.3 is 18.0 Å². The van der Waals surface area contributed by atoms with Gasteiger partial charge in [-0.2, -0.15) is 0 Å². The Kier molecular flexibility index (Phi) is 9.44. The second-order valence-electron chi connectivity index (χ2n) is 9.70. The number of hydrogen-bond donors (Lipinski definition) is 2. The second kappa shape index (κ2) is 12.5. The first-order chi connectivity index (χ1) is 17.2. The smallest absolute Gasteiger partial charge is 0.407 e. The van der Waals surface area contributed by atoms with Gasteiger partial charge in [-0.15, -0.1) is 0 Å². The lowest BCUT2D eigenvalue weighted by molar-refractivity contribution is -0.158. The molecule has 0 saturated carbocycles. The van der Waals surface area contributed by atoms with Crippen molar-refractivity contribution in [3.63, 3.8) is 0 Å². The molecule has 0 aromatic heterocycles. The van der Waals surface area contributed by atoms with E-state index in [9.17, 15) is 14.4 Å². The van der Waals surface area contributed by atoms with Gasteiger partial charge in [0.05, 0.1) is 37.8 Å². The van der Waals surface area contributed by atoms with E-state index < -0.39 is 35.2 Å². The fourth-order valence-corrected chi connectivity index (χ4v) is 3.63. The van der Waals surface area contributed by atoms with E-state index in [1.54, 1.807) is 20.8 Å². The van der Waals surface area contributed by atoms with Crippen LogP contribution in [0.2, 0.25) is 0 Å². The van der Waals surface area contributed by atoms with Crippen LogP contribution in [-0.4, -0.2) is 55.0 Å². The molecular weight excluding hydrogens is 464 g/mol. The molecule has 1 aliphatic heterocycles. The van der Waals surface area contributed by atoms with E-state index in [-0.39, 0.29) is 39.4 Å². The van der Waals surface area contributed by atoms with Gasteiger partial charge in [0, 0.05) is 0 Å². The Morgan fingerprint density at radius 2 is 1.44 bits per heavy atom. The average molecular weight is 499 g/mol. The molecule has 9 nitrogen and oxygen atoms in total. The molecule has 1 heterocycles. The summed E-state index contributed by atoms with van der Waals surface area (Å²) in [7, 11) is 0. The summed E-state index contributed by atoms with van der Waals surface area (Å²) in [5, 5.41) is 5.91. The first-order valence-electron chi connectivity index (χ1n) is 11.9. The molecule has 0 bridgehead atoms. The number of ether oxygens (including phenoxy) is 4. The van der Waals surface area contributed by atoms with Gasteiger partial charge in [-0.25, -0.2) is 4.79 Å². The third kappa shape index (κ3) is 8.66. The number of carbonyl (C=O) groups excluding carboxylic acids is 3. The van der Waals surface area contributed by atoms with E-state index in [1.165, 1.54) is 0 Å². The van der Waals surface area contributed by atoms with Gasteiger partial charge < -0.3 is 24.3 Å². The molecule has 0 radical (unpaired) electrons. The highest BCUT2D eigenvalue weighted by Crippen LogP contribution is 2.25. The first-order valence-corrected chi connectivity index (χ1v) is 11.9. The first kappa shape index (κ1) is 27.2. The molecule has 1 fully saturated rings. The minimum atomic E-state index is -0.867. The Morgan fingerprint density at radius 1 is 0.889 bits per heavy atom. The highest BCUT2D eigenvalue weighted by Gasteiger charge is 2.48. The lowest BCUT2D eigenvalue weighted by Gasteiger charge is -2.47. The van der Waals surface area contributed by atoms with E-state index in [0.29, 0.717) is 0 Å². The summed E-state index contributed by atoms with van der Waals surface area (Å²) < 4.78 is 21.6. The predicted octanol–water partition coefficient (Wildman–Crippen LogP) is 3.12. The molecule has 194 valence electrons. The van der Waals surface area contributed by atoms with Crippen molar-refractivity contribution in [2.45, 2.75) is 57.6 Å². The van der Waals surface area contributed by atoms with Crippen LogP contribution in [0.15, 0.2) is 60.7 Å². The van der Waals surface area contributed by atoms with Crippen LogP contribution in [0.5, 0.6) is 0 Å². The second-order valence-corrected chi connectivity index (χ2v) is 9.70. The summed E-state index contributed by atoms with van der Waals surface area (Å²) in [6.45, 7) is 5.78. The topological polar surface area (TPSA) is 112 Å². The van der Waals surface area contributed by atoms with Crippen molar-refractivity contribution in [3.8, 4) is 0 Å². The maximum atomic E-state index is 12.6. The van der Waals surface area contributed by atoms with E-state index in [4.69, 9.17) is 18.9 Å². The van der Waals surface area contributed by atoms with Gasteiger partial charge in [0.25, 0.3) is 0 Å². The zero-order valence-corrected chi connectivity index (χ0v) is 21.0. The standard InChI is InChI=1S/C27H34N2O7/c1-26(2,3)36-23(30)14-22(29-25(32)35-17-21-12-8-5-9-13-21)27(18-33-19-27)28-15-24(31)34-16-20-10-6-4-7-11-20/h4-13,22,28H,14-19H2,1-3H3,(H,29,32)/t22-/m0/s1. The molecule has 3 rings (SSSR count). The molecule has 2 aromatic rings. The van der Waals surface area contributed by atoms with Gasteiger partial charge in [-0.1, -0.05) is 60.7 Å². The molecule has 1 amide bonds. The van der Waals surface area contributed by atoms with Gasteiger partial charge in [0.2, 0.25) is 0 Å². The van der Waals surface area contributed by atoms with Gasteiger partial charge in [-0.05, 0) is 31.9 Å². The van der Waals surface area contributed by atoms with Crippen molar-refractivity contribution < 1.29 is 33.3 Å². The third-order valence-corrected chi connectivity index (χ3v) is 5.51. The molecule has 1 saturated heterocycles. The zero-order valence-electron chi connectivity index (χ0n) is 21.0. The van der Waals surface area contributed by atoms with Crippen LogP contribution in [0, 0.1) is 0 Å². The molecule has 1 atom stereocenters. The molecular formula is C27H34N2O7. The zero-order chi connectivity index (χ0) is 26.0. The molecule has 2 N–H and O–H groups in total. The maximum Gasteiger partial charge on any atom is 0.407 e. The number of alkyl carbamates (subject to hydrolysis) is 1. The van der Waals surface area contributed by atoms with Crippen molar-refractivity contribution in [2.75, 3.05) is 19.8 Å². The number of benzene rings is 2. The molecule has 36 heavy (non-hydrogen) atoms. The quantitative estimate of drug-likeness (QED) is 0.359. The van der Waals surface area contributed by atoms with Crippen LogP contribution >= 0.6 is 0 Å². The Bertz CT molecular complexity index is 1000. The van der Waals surface area contributed by atoms with E-state index >= 15 is 0 Å². The average Bonchev–Trinajstić information content (AvgIpc) is 2.81. The minimum Gasteiger partial charge on any atom is -0.460 e. The van der Waals surface area contributed by atoms with Crippen LogP contribution < -0.4 is 10.6 Å². The van der Waals surface area contributed by atoms with Crippen LogP contribution in [0.25, 0.3) is 0 Å². The van der Waals surface area contributed by atoms with Gasteiger partial charge in [0.1, 0.15) is 18.8 Å². The van der Waals surface area contributed by atoms with E-state index in [0.717, 1.165) is 11.1 Å². The number of carbonyl (C=O) groups is 3. The van der Waals surface area contributed by atoms with Crippen LogP contribution in [0.3, 0.4) is 0 Å². The molecule has 9 heteroatoms.